The summed E-state index contributed by atoms with van der Waals surface area (Å²) < 4.78 is 0. The zero-order chi connectivity index (χ0) is 11.4. The van der Waals surface area contributed by atoms with Crippen LogP contribution in [0.4, 0.5) is 0 Å². The average Bonchev–Trinajstić information content (AvgIpc) is 2.33. The van der Waals surface area contributed by atoms with Gasteiger partial charge in [0.1, 0.15) is 0 Å². The quantitative estimate of drug-likeness (QED) is 0.930. The molecule has 0 spiro atoms. The minimum absolute atomic E-state index is 0. The van der Waals surface area contributed by atoms with E-state index in [2.05, 4.69) is 15.2 Å². The molecule has 0 amide bonds. The van der Waals surface area contributed by atoms with Gasteiger partial charge in [-0.1, -0.05) is 11.6 Å². The molecule has 1 fully saturated rings. The Labute approximate surface area is 126 Å². The second-order valence-electron chi connectivity index (χ2n) is 4.31. The standard InChI is InChI=1S/C12H18ClN3.2ClH/c1-14-11-3-6-16(7-4-11)9-10-2-5-15-8-12(10)13;;/h2,5,8,11,14H,3-4,6-7,9H2,1H3;2*1H. The molecule has 0 aromatic carbocycles. The minimum Gasteiger partial charge on any atom is -0.317 e. The van der Waals surface area contributed by atoms with Crippen molar-refractivity contribution in [2.24, 2.45) is 0 Å². The molecule has 1 aromatic heterocycles. The van der Waals surface area contributed by atoms with Gasteiger partial charge in [0.2, 0.25) is 0 Å². The number of piperidine rings is 1. The van der Waals surface area contributed by atoms with Crippen molar-refractivity contribution in [2.45, 2.75) is 25.4 Å². The summed E-state index contributed by atoms with van der Waals surface area (Å²) in [6.07, 6.45) is 5.97. The smallest absolute Gasteiger partial charge is 0.0634 e. The molecule has 0 atom stereocenters. The molecule has 6 heteroatoms. The fraction of sp³-hybridized carbons (Fsp3) is 0.583. The molecule has 1 aromatic rings. The molecule has 0 aliphatic carbocycles. The average molecular weight is 313 g/mol. The van der Waals surface area contributed by atoms with Gasteiger partial charge in [-0.15, -0.1) is 24.8 Å². The topological polar surface area (TPSA) is 28.2 Å². The van der Waals surface area contributed by atoms with Crippen LogP contribution in [0.15, 0.2) is 18.5 Å². The highest BCUT2D eigenvalue weighted by atomic mass is 35.5. The van der Waals surface area contributed by atoms with E-state index in [0.717, 1.165) is 24.7 Å². The van der Waals surface area contributed by atoms with E-state index in [-0.39, 0.29) is 24.8 Å². The molecular formula is C12H20Cl3N3. The van der Waals surface area contributed by atoms with E-state index in [1.165, 1.54) is 18.4 Å². The van der Waals surface area contributed by atoms with Gasteiger partial charge in [0.15, 0.2) is 0 Å². The summed E-state index contributed by atoms with van der Waals surface area (Å²) in [4.78, 5) is 6.46. The number of rotatable bonds is 3. The molecule has 1 aliphatic heterocycles. The summed E-state index contributed by atoms with van der Waals surface area (Å²) in [6.45, 7) is 3.23. The third-order valence-electron chi connectivity index (χ3n) is 3.25. The highest BCUT2D eigenvalue weighted by molar-refractivity contribution is 6.31. The number of aromatic nitrogens is 1. The number of halogens is 3. The maximum atomic E-state index is 6.10. The van der Waals surface area contributed by atoms with Crippen LogP contribution in [0.2, 0.25) is 5.02 Å². The van der Waals surface area contributed by atoms with Crippen molar-refractivity contribution in [3.63, 3.8) is 0 Å². The van der Waals surface area contributed by atoms with Gasteiger partial charge in [-0.05, 0) is 44.6 Å². The van der Waals surface area contributed by atoms with Crippen LogP contribution in [-0.4, -0.2) is 36.1 Å². The lowest BCUT2D eigenvalue weighted by molar-refractivity contribution is 0.194. The van der Waals surface area contributed by atoms with Gasteiger partial charge in [-0.2, -0.15) is 0 Å². The van der Waals surface area contributed by atoms with Crippen LogP contribution in [0.5, 0.6) is 0 Å². The van der Waals surface area contributed by atoms with Crippen molar-refractivity contribution in [3.8, 4) is 0 Å². The van der Waals surface area contributed by atoms with E-state index in [1.807, 2.05) is 19.3 Å². The van der Waals surface area contributed by atoms with Crippen LogP contribution in [0, 0.1) is 0 Å². The van der Waals surface area contributed by atoms with Crippen molar-refractivity contribution >= 4 is 36.4 Å². The van der Waals surface area contributed by atoms with Crippen molar-refractivity contribution in [2.75, 3.05) is 20.1 Å². The zero-order valence-electron chi connectivity index (χ0n) is 10.4. The Morgan fingerprint density at radius 3 is 2.61 bits per heavy atom. The van der Waals surface area contributed by atoms with Crippen LogP contribution < -0.4 is 5.32 Å². The van der Waals surface area contributed by atoms with Crippen LogP contribution in [-0.2, 0) is 6.54 Å². The third-order valence-corrected chi connectivity index (χ3v) is 3.59. The summed E-state index contributed by atoms with van der Waals surface area (Å²) >= 11 is 6.10. The minimum atomic E-state index is 0. The summed E-state index contributed by atoms with van der Waals surface area (Å²) in [6, 6.07) is 2.69. The second kappa shape index (κ2) is 8.94. The molecule has 0 saturated carbocycles. The largest absolute Gasteiger partial charge is 0.317 e. The van der Waals surface area contributed by atoms with E-state index < -0.39 is 0 Å². The summed E-state index contributed by atoms with van der Waals surface area (Å²) in [7, 11) is 2.04. The number of hydrogen-bond acceptors (Lipinski definition) is 3. The molecule has 0 unspecified atom stereocenters. The lowest BCUT2D eigenvalue weighted by Gasteiger charge is -2.31. The molecule has 1 aliphatic rings. The Morgan fingerprint density at radius 2 is 2.06 bits per heavy atom. The Balaban J connectivity index is 0.00000144. The molecule has 1 N–H and O–H groups in total. The van der Waals surface area contributed by atoms with Crippen LogP contribution >= 0.6 is 36.4 Å². The lowest BCUT2D eigenvalue weighted by Crippen LogP contribution is -2.40. The summed E-state index contributed by atoms with van der Waals surface area (Å²) in [5.74, 6) is 0. The van der Waals surface area contributed by atoms with Gasteiger partial charge in [-0.25, -0.2) is 0 Å². The predicted molar refractivity (Wildman–Crippen MR) is 81.1 cm³/mol. The van der Waals surface area contributed by atoms with Crippen molar-refractivity contribution in [1.29, 1.82) is 0 Å². The molecule has 0 radical (unpaired) electrons. The first-order valence-electron chi connectivity index (χ1n) is 5.77. The normalized spacial score (nSPS) is 16.8. The van der Waals surface area contributed by atoms with Gasteiger partial charge >= 0.3 is 0 Å². The number of pyridine rings is 1. The van der Waals surface area contributed by atoms with Crippen molar-refractivity contribution in [3.05, 3.63) is 29.0 Å². The lowest BCUT2D eigenvalue weighted by atomic mass is 10.0. The Hall–Kier alpha value is -0.0600. The summed E-state index contributed by atoms with van der Waals surface area (Å²) in [5.41, 5.74) is 1.18. The van der Waals surface area contributed by atoms with Crippen LogP contribution in [0.25, 0.3) is 0 Å². The van der Waals surface area contributed by atoms with Gasteiger partial charge in [0.05, 0.1) is 5.02 Å². The SMILES string of the molecule is CNC1CCN(Cc2ccncc2Cl)CC1.Cl.Cl. The highest BCUT2D eigenvalue weighted by Gasteiger charge is 2.18. The third kappa shape index (κ3) is 4.90. The fourth-order valence-corrected chi connectivity index (χ4v) is 2.33. The molecule has 3 nitrogen and oxygen atoms in total. The van der Waals surface area contributed by atoms with Crippen LogP contribution in [0.3, 0.4) is 0 Å². The molecule has 18 heavy (non-hydrogen) atoms. The number of hydrogen-bond donors (Lipinski definition) is 1. The first kappa shape index (κ1) is 17.9. The van der Waals surface area contributed by atoms with Gasteiger partial charge in [0.25, 0.3) is 0 Å². The van der Waals surface area contributed by atoms with E-state index in [9.17, 15) is 0 Å². The first-order chi connectivity index (χ1) is 7.79. The van der Waals surface area contributed by atoms with E-state index in [4.69, 9.17) is 11.6 Å². The van der Waals surface area contributed by atoms with Crippen molar-refractivity contribution < 1.29 is 0 Å². The monoisotopic (exact) mass is 311 g/mol. The maximum Gasteiger partial charge on any atom is 0.0634 e. The van der Waals surface area contributed by atoms with Gasteiger partial charge in [0, 0.05) is 25.0 Å². The number of nitrogens with one attached hydrogen (secondary N) is 1. The predicted octanol–water partition coefficient (Wildman–Crippen LogP) is 2.76. The molecule has 2 rings (SSSR count). The first-order valence-corrected chi connectivity index (χ1v) is 6.15. The molecule has 2 heterocycles. The fourth-order valence-electron chi connectivity index (χ4n) is 2.15. The van der Waals surface area contributed by atoms with Gasteiger partial charge in [-0.3, -0.25) is 9.88 Å². The Morgan fingerprint density at radius 1 is 1.39 bits per heavy atom. The Kier molecular flexibility index (Phi) is 8.91. The highest BCUT2D eigenvalue weighted by Crippen LogP contribution is 2.18. The Bertz CT molecular complexity index is 341. The maximum absolute atomic E-state index is 6.10. The molecule has 0 bridgehead atoms. The molecule has 104 valence electrons. The van der Waals surface area contributed by atoms with Crippen molar-refractivity contribution in [1.82, 2.24) is 15.2 Å². The number of nitrogens with zero attached hydrogens (tertiary/aromatic N) is 2. The van der Waals surface area contributed by atoms with E-state index in [0.29, 0.717) is 6.04 Å². The van der Waals surface area contributed by atoms with E-state index in [1.54, 1.807) is 6.20 Å². The van der Waals surface area contributed by atoms with Gasteiger partial charge < -0.3 is 5.32 Å². The van der Waals surface area contributed by atoms with E-state index >= 15 is 0 Å². The second-order valence-corrected chi connectivity index (χ2v) is 4.71. The molecule has 1 saturated heterocycles. The van der Waals surface area contributed by atoms with Crippen LogP contribution in [0.1, 0.15) is 18.4 Å². The zero-order valence-corrected chi connectivity index (χ0v) is 12.8. The number of likely N-dealkylation sites (tertiary alicyclic amines) is 1. The summed E-state index contributed by atoms with van der Waals surface area (Å²) in [5, 5.41) is 4.11. The molecular weight excluding hydrogens is 293 g/mol.